The van der Waals surface area contributed by atoms with Crippen molar-refractivity contribution in [2.45, 2.75) is 44.2 Å². The van der Waals surface area contributed by atoms with Gasteiger partial charge in [0.2, 0.25) is 5.91 Å². The van der Waals surface area contributed by atoms with Crippen LogP contribution in [0.15, 0.2) is 18.7 Å². The number of carbonyl (C=O) groups excluding carboxylic acids is 1. The van der Waals surface area contributed by atoms with Crippen molar-refractivity contribution in [1.82, 2.24) is 14.5 Å². The number of aromatic nitrogens is 2. The second-order valence-electron chi connectivity index (χ2n) is 8.00. The summed E-state index contributed by atoms with van der Waals surface area (Å²) in [7, 11) is 0. The van der Waals surface area contributed by atoms with Gasteiger partial charge in [-0.15, -0.1) is 0 Å². The van der Waals surface area contributed by atoms with E-state index in [1.165, 1.54) is 0 Å². The van der Waals surface area contributed by atoms with Crippen LogP contribution in [0.25, 0.3) is 0 Å². The van der Waals surface area contributed by atoms with Crippen LogP contribution in [-0.2, 0) is 20.8 Å². The van der Waals surface area contributed by atoms with E-state index in [2.05, 4.69) is 15.6 Å². The highest BCUT2D eigenvalue weighted by Gasteiger charge is 2.49. The van der Waals surface area contributed by atoms with Gasteiger partial charge in [-0.2, -0.15) is 5.26 Å². The van der Waals surface area contributed by atoms with E-state index in [0.717, 1.165) is 25.8 Å². The van der Waals surface area contributed by atoms with Gasteiger partial charge in [0.25, 0.3) is 0 Å². The molecule has 3 fully saturated rings. The minimum Gasteiger partial charge on any atom is -0.377 e. The average Bonchev–Trinajstić information content (AvgIpc) is 3.37. The molecule has 0 aromatic carbocycles. The van der Waals surface area contributed by atoms with Crippen molar-refractivity contribution < 1.29 is 14.3 Å². The molecule has 1 amide bonds. The lowest BCUT2D eigenvalue weighted by atomic mass is 9.85. The highest BCUT2D eigenvalue weighted by atomic mass is 16.5. The normalized spacial score (nSPS) is 31.0. The van der Waals surface area contributed by atoms with Gasteiger partial charge in [0, 0.05) is 31.4 Å². The van der Waals surface area contributed by atoms with Crippen molar-refractivity contribution in [3.8, 4) is 6.07 Å². The van der Waals surface area contributed by atoms with E-state index in [9.17, 15) is 10.1 Å². The standard InChI is InChI=1S/C19H26N4O3/c20-12-18(3-1-2-4-18)17(24)23-7-8-25-14-19(13-23)9-16(11-26-19)10-22-6-5-21-15-22/h5-6,15-16H,1-4,7-11,13-14H2. The zero-order chi connectivity index (χ0) is 18.0. The van der Waals surface area contributed by atoms with E-state index in [1.54, 1.807) is 6.20 Å². The van der Waals surface area contributed by atoms with Crippen molar-refractivity contribution in [2.24, 2.45) is 11.3 Å². The molecule has 2 unspecified atom stereocenters. The van der Waals surface area contributed by atoms with Gasteiger partial charge in [0.05, 0.1) is 38.8 Å². The molecule has 2 atom stereocenters. The summed E-state index contributed by atoms with van der Waals surface area (Å²) < 4.78 is 14.1. The van der Waals surface area contributed by atoms with E-state index in [4.69, 9.17) is 9.47 Å². The first-order valence-electron chi connectivity index (χ1n) is 9.53. The Balaban J connectivity index is 1.46. The van der Waals surface area contributed by atoms with Crippen LogP contribution in [0.4, 0.5) is 0 Å². The molecule has 7 nitrogen and oxygen atoms in total. The predicted octanol–water partition coefficient (Wildman–Crippen LogP) is 1.60. The molecule has 4 rings (SSSR count). The summed E-state index contributed by atoms with van der Waals surface area (Å²) in [4.78, 5) is 19.1. The van der Waals surface area contributed by atoms with E-state index in [0.29, 0.717) is 51.7 Å². The lowest BCUT2D eigenvalue weighted by Crippen LogP contribution is -2.50. The lowest BCUT2D eigenvalue weighted by molar-refractivity contribution is -0.142. The van der Waals surface area contributed by atoms with Gasteiger partial charge in [-0.05, 0) is 19.3 Å². The fourth-order valence-electron chi connectivity index (χ4n) is 4.69. The molecule has 0 N–H and O–H groups in total. The third-order valence-electron chi connectivity index (χ3n) is 6.03. The molecule has 1 aromatic rings. The minimum atomic E-state index is -0.833. The third-order valence-corrected chi connectivity index (χ3v) is 6.03. The number of hydrogen-bond donors (Lipinski definition) is 0. The molecular formula is C19H26N4O3. The highest BCUT2D eigenvalue weighted by molar-refractivity contribution is 5.86. The molecule has 1 aromatic heterocycles. The quantitative estimate of drug-likeness (QED) is 0.820. The Morgan fingerprint density at radius 3 is 2.96 bits per heavy atom. The Bertz CT molecular complexity index is 677. The summed E-state index contributed by atoms with van der Waals surface area (Å²) in [5, 5.41) is 9.66. The van der Waals surface area contributed by atoms with Gasteiger partial charge in [-0.25, -0.2) is 4.98 Å². The zero-order valence-electron chi connectivity index (χ0n) is 15.1. The van der Waals surface area contributed by atoms with Crippen LogP contribution in [0.5, 0.6) is 0 Å². The maximum absolute atomic E-state index is 13.2. The van der Waals surface area contributed by atoms with Crippen molar-refractivity contribution in [2.75, 3.05) is 32.9 Å². The molecule has 0 radical (unpaired) electrons. The van der Waals surface area contributed by atoms with Crippen LogP contribution >= 0.6 is 0 Å². The Kier molecular flexibility index (Phi) is 4.72. The van der Waals surface area contributed by atoms with Gasteiger partial charge in [-0.1, -0.05) is 12.8 Å². The smallest absolute Gasteiger partial charge is 0.243 e. The molecule has 7 heteroatoms. The van der Waals surface area contributed by atoms with Gasteiger partial charge < -0.3 is 18.9 Å². The molecule has 3 heterocycles. The van der Waals surface area contributed by atoms with Crippen LogP contribution in [0.3, 0.4) is 0 Å². The van der Waals surface area contributed by atoms with E-state index >= 15 is 0 Å². The van der Waals surface area contributed by atoms with E-state index < -0.39 is 11.0 Å². The molecule has 2 saturated heterocycles. The first-order valence-corrected chi connectivity index (χ1v) is 9.53. The van der Waals surface area contributed by atoms with Crippen molar-refractivity contribution in [1.29, 1.82) is 5.26 Å². The largest absolute Gasteiger partial charge is 0.377 e. The Labute approximate surface area is 153 Å². The summed E-state index contributed by atoms with van der Waals surface area (Å²) in [6, 6.07) is 2.33. The zero-order valence-corrected chi connectivity index (χ0v) is 15.1. The van der Waals surface area contributed by atoms with E-state index in [-0.39, 0.29) is 5.91 Å². The van der Waals surface area contributed by atoms with Crippen LogP contribution in [0, 0.1) is 22.7 Å². The molecule has 2 aliphatic heterocycles. The summed E-state index contributed by atoms with van der Waals surface area (Å²) in [6.45, 7) is 3.60. The topological polar surface area (TPSA) is 80.4 Å². The number of nitrogens with zero attached hydrogens (tertiary/aromatic N) is 4. The van der Waals surface area contributed by atoms with Crippen molar-refractivity contribution in [3.63, 3.8) is 0 Å². The summed E-state index contributed by atoms with van der Waals surface area (Å²) >= 11 is 0. The predicted molar refractivity (Wildman–Crippen MR) is 92.9 cm³/mol. The molecule has 3 aliphatic rings. The first kappa shape index (κ1) is 17.5. The van der Waals surface area contributed by atoms with Crippen LogP contribution in [0.1, 0.15) is 32.1 Å². The number of imidazole rings is 1. The molecular weight excluding hydrogens is 332 g/mol. The SMILES string of the molecule is N#CC1(C(=O)N2CCOCC3(CC(Cn4ccnc4)CO3)C2)CCCC1. The third kappa shape index (κ3) is 3.24. The number of nitriles is 1. The number of hydrogen-bond acceptors (Lipinski definition) is 5. The molecule has 26 heavy (non-hydrogen) atoms. The van der Waals surface area contributed by atoms with Gasteiger partial charge in [0.1, 0.15) is 11.0 Å². The van der Waals surface area contributed by atoms with E-state index in [1.807, 2.05) is 17.4 Å². The Morgan fingerprint density at radius 1 is 1.38 bits per heavy atom. The second kappa shape index (κ2) is 7.01. The molecule has 0 bridgehead atoms. The monoisotopic (exact) mass is 358 g/mol. The number of rotatable bonds is 3. The van der Waals surface area contributed by atoms with Crippen LogP contribution in [0.2, 0.25) is 0 Å². The molecule has 1 saturated carbocycles. The molecule has 140 valence electrons. The number of carbonyl (C=O) groups is 1. The molecule has 1 aliphatic carbocycles. The average molecular weight is 358 g/mol. The number of amides is 1. The fraction of sp³-hybridized carbons (Fsp3) is 0.737. The van der Waals surface area contributed by atoms with Gasteiger partial charge >= 0.3 is 0 Å². The summed E-state index contributed by atoms with van der Waals surface area (Å²) in [6.07, 6.45) is 9.69. The Hall–Kier alpha value is -1.91. The van der Waals surface area contributed by atoms with Crippen molar-refractivity contribution >= 4 is 5.91 Å². The summed E-state index contributed by atoms with van der Waals surface area (Å²) in [5.41, 5.74) is -1.28. The summed E-state index contributed by atoms with van der Waals surface area (Å²) in [5.74, 6) is 0.350. The molecule has 1 spiro atoms. The van der Waals surface area contributed by atoms with Crippen LogP contribution < -0.4 is 0 Å². The maximum Gasteiger partial charge on any atom is 0.243 e. The first-order chi connectivity index (χ1) is 12.6. The fourth-order valence-corrected chi connectivity index (χ4v) is 4.69. The van der Waals surface area contributed by atoms with Crippen molar-refractivity contribution in [3.05, 3.63) is 18.7 Å². The second-order valence-corrected chi connectivity index (χ2v) is 8.00. The minimum absolute atomic E-state index is 0.0240. The Morgan fingerprint density at radius 2 is 2.23 bits per heavy atom. The van der Waals surface area contributed by atoms with Gasteiger partial charge in [0.15, 0.2) is 0 Å². The maximum atomic E-state index is 13.2. The lowest BCUT2D eigenvalue weighted by Gasteiger charge is -2.34. The van der Waals surface area contributed by atoms with Gasteiger partial charge in [-0.3, -0.25) is 4.79 Å². The number of ether oxygens (including phenoxy) is 2. The highest BCUT2D eigenvalue weighted by Crippen LogP contribution is 2.41. The van der Waals surface area contributed by atoms with Crippen LogP contribution in [-0.4, -0.2) is 58.9 Å².